The number of phenols is 1. The van der Waals surface area contributed by atoms with E-state index in [2.05, 4.69) is 59.4 Å². The molecule has 12 heteroatoms. The molecule has 3 amide bonds. The molecule has 3 aromatic carbocycles. The van der Waals surface area contributed by atoms with E-state index in [9.17, 15) is 19.5 Å². The molecule has 5 saturated heterocycles. The number of aromatic hydroxyl groups is 1. The van der Waals surface area contributed by atoms with E-state index < -0.39 is 5.41 Å². The number of carbonyl (C=O) groups is 3. The first kappa shape index (κ1) is 40.1. The Morgan fingerprint density at radius 3 is 2.25 bits per heavy atom. The Bertz CT molecular complexity index is 2160. The number of likely N-dealkylation sites (tertiary alicyclic amines) is 1. The zero-order valence-corrected chi connectivity index (χ0v) is 34.7. The van der Waals surface area contributed by atoms with Crippen molar-refractivity contribution in [2.45, 2.75) is 80.8 Å². The lowest BCUT2D eigenvalue weighted by Gasteiger charge is -2.46. The number of benzene rings is 3. The first-order valence-electron chi connectivity index (χ1n) is 21.9. The molecule has 314 valence electrons. The second kappa shape index (κ2) is 17.0. The highest BCUT2D eigenvalue weighted by atomic mass is 16.5. The number of nitrogens with one attached hydrogen (secondary N) is 1. The van der Waals surface area contributed by atoms with Gasteiger partial charge in [0, 0.05) is 76.6 Å². The van der Waals surface area contributed by atoms with E-state index in [4.69, 9.17) is 4.74 Å². The van der Waals surface area contributed by atoms with Gasteiger partial charge in [-0.05, 0) is 98.7 Å². The summed E-state index contributed by atoms with van der Waals surface area (Å²) < 4.78 is 6.62. The van der Waals surface area contributed by atoms with Crippen molar-refractivity contribution in [2.24, 2.45) is 5.92 Å². The zero-order valence-electron chi connectivity index (χ0n) is 34.7. The molecule has 5 aliphatic rings. The monoisotopic (exact) mass is 811 g/mol. The number of imide groups is 1. The van der Waals surface area contributed by atoms with Gasteiger partial charge in [0.1, 0.15) is 5.75 Å². The largest absolute Gasteiger partial charge is 0.507 e. The fraction of sp³-hybridized carbons (Fsp3) is 0.479. The second-order valence-electron chi connectivity index (χ2n) is 17.8. The summed E-state index contributed by atoms with van der Waals surface area (Å²) in [5, 5.41) is 21.5. The fourth-order valence-corrected chi connectivity index (χ4v) is 10.7. The molecule has 1 aromatic heterocycles. The van der Waals surface area contributed by atoms with Gasteiger partial charge in [0.2, 0.25) is 17.7 Å². The van der Waals surface area contributed by atoms with E-state index in [1.165, 1.54) is 5.69 Å². The number of likely N-dealkylation sites (N-methyl/N-ethyl adjacent to an activating group) is 1. The topological polar surface area (TPSA) is 131 Å². The highest BCUT2D eigenvalue weighted by Gasteiger charge is 2.47. The van der Waals surface area contributed by atoms with Gasteiger partial charge in [0.25, 0.3) is 0 Å². The van der Waals surface area contributed by atoms with Gasteiger partial charge in [-0.3, -0.25) is 19.7 Å². The van der Waals surface area contributed by atoms with E-state index >= 15 is 0 Å². The van der Waals surface area contributed by atoms with Crippen LogP contribution in [-0.4, -0.2) is 114 Å². The summed E-state index contributed by atoms with van der Waals surface area (Å²) in [5.41, 5.74) is 4.79. The summed E-state index contributed by atoms with van der Waals surface area (Å²) in [6.45, 7) is 7.12. The van der Waals surface area contributed by atoms with Gasteiger partial charge in [-0.15, -0.1) is 0 Å². The molecule has 0 unspecified atom stereocenters. The Kier molecular flexibility index (Phi) is 11.3. The Morgan fingerprint density at radius 2 is 1.53 bits per heavy atom. The van der Waals surface area contributed by atoms with E-state index in [1.54, 1.807) is 18.3 Å². The van der Waals surface area contributed by atoms with Crippen molar-refractivity contribution in [1.82, 2.24) is 25.3 Å². The summed E-state index contributed by atoms with van der Waals surface area (Å²) in [6.07, 6.45) is 9.17. The number of hydrogen-bond acceptors (Lipinski definition) is 10. The lowest BCUT2D eigenvalue weighted by atomic mass is 9.71. The summed E-state index contributed by atoms with van der Waals surface area (Å²) in [5.74, 6) is 0.271. The number of ether oxygens (including phenoxy) is 1. The Morgan fingerprint density at radius 1 is 0.850 bits per heavy atom. The number of para-hydroxylation sites is 1. The molecule has 0 bridgehead atoms. The third-order valence-corrected chi connectivity index (χ3v) is 14.3. The van der Waals surface area contributed by atoms with Gasteiger partial charge in [0.15, 0.2) is 0 Å². The smallest absolute Gasteiger partial charge is 0.234 e. The summed E-state index contributed by atoms with van der Waals surface area (Å²) >= 11 is 0. The van der Waals surface area contributed by atoms with Crippen molar-refractivity contribution >= 4 is 29.1 Å². The number of aromatic nitrogens is 2. The number of phenolic OH excluding ortho intramolecular Hbond substituents is 1. The predicted molar refractivity (Wildman–Crippen MR) is 231 cm³/mol. The molecule has 0 radical (unpaired) electrons. The lowest BCUT2D eigenvalue weighted by molar-refractivity contribution is -0.140. The highest BCUT2D eigenvalue weighted by molar-refractivity contribution is 6.01. The van der Waals surface area contributed by atoms with Crippen LogP contribution in [-0.2, 0) is 24.5 Å². The molecule has 0 aliphatic carbocycles. The molecular weight excluding hydrogens is 755 g/mol. The van der Waals surface area contributed by atoms with E-state index in [0.29, 0.717) is 55.9 Å². The molecule has 2 atom stereocenters. The van der Waals surface area contributed by atoms with Crippen LogP contribution >= 0.6 is 0 Å². The number of amides is 3. The summed E-state index contributed by atoms with van der Waals surface area (Å²) in [6, 6.07) is 28.0. The van der Waals surface area contributed by atoms with E-state index in [-0.39, 0.29) is 41.0 Å². The number of hydrogen-bond donors (Lipinski definition) is 2. The first-order chi connectivity index (χ1) is 29.2. The Labute approximate surface area is 352 Å². The van der Waals surface area contributed by atoms with Crippen molar-refractivity contribution in [2.75, 3.05) is 69.3 Å². The first-order valence-corrected chi connectivity index (χ1v) is 21.9. The Balaban J connectivity index is 0.767. The van der Waals surface area contributed by atoms with Crippen LogP contribution in [0.15, 0.2) is 91.1 Å². The van der Waals surface area contributed by atoms with Crippen LogP contribution in [0.4, 0.5) is 11.4 Å². The van der Waals surface area contributed by atoms with Crippen molar-refractivity contribution in [3.63, 3.8) is 0 Å². The average Bonchev–Trinajstić information content (AvgIpc) is 3.68. The minimum absolute atomic E-state index is 0.0544. The third kappa shape index (κ3) is 8.11. The molecular formula is C48H57N7O5. The average molecular weight is 812 g/mol. The second-order valence-corrected chi connectivity index (χ2v) is 17.8. The van der Waals surface area contributed by atoms with Gasteiger partial charge in [0.05, 0.1) is 41.1 Å². The van der Waals surface area contributed by atoms with E-state index in [1.807, 2.05) is 55.6 Å². The van der Waals surface area contributed by atoms with Gasteiger partial charge >= 0.3 is 0 Å². The molecule has 1 spiro atoms. The molecule has 5 aliphatic heterocycles. The lowest BCUT2D eigenvalue weighted by Crippen LogP contribution is -2.56. The standard InChI is InChI=1S/C48H57N7O5/c1-52(46(59)48(36-7-3-2-4-8-36)21-27-55(28-22-48)39-29-42(51-49-31-39)41-9-5-6-10-43(41)56)37-17-23-53(24-18-37)32-34-30-47(60-33-34)19-25-54(26-20-47)38-13-11-35(12-14-38)40-15-16-44(57)50-45(40)58/h2-14,29,31,34,37,40,56H,15-28,30,32-33H2,1H3,(H,50,57,58)/t34-,40-/m1/s1. The van der Waals surface area contributed by atoms with Gasteiger partial charge < -0.3 is 29.4 Å². The molecule has 0 saturated carbocycles. The highest BCUT2D eigenvalue weighted by Crippen LogP contribution is 2.42. The van der Waals surface area contributed by atoms with E-state index in [0.717, 1.165) is 88.2 Å². The molecule has 60 heavy (non-hydrogen) atoms. The molecule has 4 aromatic rings. The van der Waals surface area contributed by atoms with Crippen LogP contribution < -0.4 is 15.1 Å². The van der Waals surface area contributed by atoms with Crippen molar-refractivity contribution < 1.29 is 24.2 Å². The SMILES string of the molecule is CN(C(=O)C1(c2ccccc2)CCN(c2cnnc(-c3ccccc3O)c2)CC1)C1CCN(C[C@@H]2COC3(CCN(c4ccc([C@H]5CCC(=O)NC5=O)cc4)CC3)C2)CC1. The molecule has 12 nitrogen and oxygen atoms in total. The van der Waals surface area contributed by atoms with Gasteiger partial charge in [-0.1, -0.05) is 54.6 Å². The molecule has 5 fully saturated rings. The summed E-state index contributed by atoms with van der Waals surface area (Å²) in [4.78, 5) is 48.1. The number of anilines is 2. The maximum atomic E-state index is 14.8. The number of carbonyl (C=O) groups excluding carboxylic acids is 3. The van der Waals surface area contributed by atoms with Gasteiger partial charge in [-0.2, -0.15) is 10.2 Å². The van der Waals surface area contributed by atoms with Crippen LogP contribution in [0.2, 0.25) is 0 Å². The molecule has 2 N–H and O–H groups in total. The Hall–Kier alpha value is -5.33. The number of piperidine rings is 4. The van der Waals surface area contributed by atoms with Crippen molar-refractivity contribution in [3.05, 3.63) is 102 Å². The molecule has 6 heterocycles. The quantitative estimate of drug-likeness (QED) is 0.197. The maximum Gasteiger partial charge on any atom is 0.234 e. The maximum absolute atomic E-state index is 14.8. The number of rotatable bonds is 9. The predicted octanol–water partition coefficient (Wildman–Crippen LogP) is 5.91. The van der Waals surface area contributed by atoms with Crippen LogP contribution in [0.1, 0.15) is 74.8 Å². The van der Waals surface area contributed by atoms with Crippen LogP contribution in [0.5, 0.6) is 5.75 Å². The minimum Gasteiger partial charge on any atom is -0.507 e. The molecule has 9 rings (SSSR count). The van der Waals surface area contributed by atoms with Crippen LogP contribution in [0, 0.1) is 5.92 Å². The number of nitrogens with zero attached hydrogens (tertiary/aromatic N) is 6. The summed E-state index contributed by atoms with van der Waals surface area (Å²) in [7, 11) is 2.03. The zero-order chi connectivity index (χ0) is 41.3. The fourth-order valence-electron chi connectivity index (χ4n) is 10.7. The van der Waals surface area contributed by atoms with Crippen molar-refractivity contribution in [1.29, 1.82) is 0 Å². The third-order valence-electron chi connectivity index (χ3n) is 14.3. The van der Waals surface area contributed by atoms with Crippen LogP contribution in [0.3, 0.4) is 0 Å². The van der Waals surface area contributed by atoms with Gasteiger partial charge in [-0.25, -0.2) is 0 Å². The van der Waals surface area contributed by atoms with Crippen molar-refractivity contribution in [3.8, 4) is 17.0 Å². The normalized spacial score (nSPS) is 23.4. The van der Waals surface area contributed by atoms with Crippen LogP contribution in [0.25, 0.3) is 11.3 Å². The minimum atomic E-state index is -0.602.